The summed E-state index contributed by atoms with van der Waals surface area (Å²) in [5.41, 5.74) is 2.63. The molecule has 1 unspecified atom stereocenters. The van der Waals surface area contributed by atoms with Crippen molar-refractivity contribution in [3.8, 4) is 5.75 Å². The van der Waals surface area contributed by atoms with Gasteiger partial charge in [0, 0.05) is 6.04 Å². The van der Waals surface area contributed by atoms with E-state index in [0.29, 0.717) is 6.04 Å². The van der Waals surface area contributed by atoms with Crippen molar-refractivity contribution < 1.29 is 4.74 Å². The molecule has 3 heteroatoms. The number of benzene rings is 1. The van der Waals surface area contributed by atoms with E-state index in [1.165, 1.54) is 17.5 Å². The molecular weight excluding hydrogens is 224 g/mol. The molecule has 0 aliphatic rings. The lowest BCUT2D eigenvalue weighted by atomic mass is 9.98. The fourth-order valence-electron chi connectivity index (χ4n) is 2.25. The first kappa shape index (κ1) is 15.0. The number of aryl methyl sites for hydroxylation is 1. The van der Waals surface area contributed by atoms with Crippen molar-refractivity contribution in [2.45, 2.75) is 32.2 Å². The molecule has 0 amide bonds. The second-order valence-corrected chi connectivity index (χ2v) is 4.51. The normalized spacial score (nSPS) is 12.4. The molecule has 1 aromatic carbocycles. The Labute approximate surface area is 111 Å². The summed E-state index contributed by atoms with van der Waals surface area (Å²) in [4.78, 5) is 0. The fraction of sp³-hybridized carbons (Fsp3) is 0.600. The summed E-state index contributed by atoms with van der Waals surface area (Å²) in [6, 6.07) is 6.93. The highest BCUT2D eigenvalue weighted by atomic mass is 16.5. The molecule has 0 aliphatic carbocycles. The molecular formula is C15H26N2O. The minimum atomic E-state index is 0.426. The molecule has 0 radical (unpaired) electrons. The van der Waals surface area contributed by atoms with Crippen LogP contribution in [0.5, 0.6) is 5.75 Å². The molecule has 0 aromatic heterocycles. The van der Waals surface area contributed by atoms with Gasteiger partial charge in [0.1, 0.15) is 5.75 Å². The van der Waals surface area contributed by atoms with Crippen LogP contribution in [0.2, 0.25) is 0 Å². The smallest absolute Gasteiger partial charge is 0.122 e. The molecule has 0 bridgehead atoms. The summed E-state index contributed by atoms with van der Waals surface area (Å²) in [5.74, 6) is 0.992. The van der Waals surface area contributed by atoms with Crippen LogP contribution in [0.1, 0.15) is 36.9 Å². The third-order valence-electron chi connectivity index (χ3n) is 3.36. The lowest BCUT2D eigenvalue weighted by Crippen LogP contribution is -2.18. The minimum absolute atomic E-state index is 0.426. The van der Waals surface area contributed by atoms with Crippen molar-refractivity contribution in [3.05, 3.63) is 29.3 Å². The van der Waals surface area contributed by atoms with E-state index in [9.17, 15) is 0 Å². The average Bonchev–Trinajstić information content (AvgIpc) is 2.43. The van der Waals surface area contributed by atoms with Crippen LogP contribution in [0.25, 0.3) is 0 Å². The Hall–Kier alpha value is -1.06. The van der Waals surface area contributed by atoms with E-state index in [1.54, 1.807) is 7.11 Å². The lowest BCUT2D eigenvalue weighted by Gasteiger charge is -2.18. The molecule has 1 aromatic rings. The zero-order valence-electron chi connectivity index (χ0n) is 12.0. The third-order valence-corrected chi connectivity index (χ3v) is 3.36. The van der Waals surface area contributed by atoms with Crippen molar-refractivity contribution in [2.24, 2.45) is 0 Å². The minimum Gasteiger partial charge on any atom is -0.496 e. The maximum atomic E-state index is 5.37. The van der Waals surface area contributed by atoms with Gasteiger partial charge in [-0.15, -0.1) is 0 Å². The fourth-order valence-corrected chi connectivity index (χ4v) is 2.25. The van der Waals surface area contributed by atoms with Gasteiger partial charge in [-0.2, -0.15) is 0 Å². The van der Waals surface area contributed by atoms with Gasteiger partial charge in [-0.05, 0) is 57.1 Å². The van der Waals surface area contributed by atoms with E-state index in [1.807, 2.05) is 14.1 Å². The molecule has 2 N–H and O–H groups in total. The third kappa shape index (κ3) is 4.00. The number of nitrogens with one attached hydrogen (secondary N) is 2. The van der Waals surface area contributed by atoms with Gasteiger partial charge in [-0.25, -0.2) is 0 Å². The number of hydrogen-bond donors (Lipinski definition) is 2. The Morgan fingerprint density at radius 1 is 1.28 bits per heavy atom. The Kier molecular flexibility index (Phi) is 6.76. The van der Waals surface area contributed by atoms with Crippen LogP contribution < -0.4 is 15.4 Å². The van der Waals surface area contributed by atoms with Crippen LogP contribution in [0.3, 0.4) is 0 Å². The number of rotatable bonds is 8. The van der Waals surface area contributed by atoms with Gasteiger partial charge in [0.25, 0.3) is 0 Å². The van der Waals surface area contributed by atoms with E-state index in [2.05, 4.69) is 35.8 Å². The zero-order valence-corrected chi connectivity index (χ0v) is 12.0. The number of methoxy groups -OCH3 is 1. The van der Waals surface area contributed by atoms with Gasteiger partial charge in [-0.1, -0.05) is 19.1 Å². The Morgan fingerprint density at radius 2 is 2.06 bits per heavy atom. The summed E-state index contributed by atoms with van der Waals surface area (Å²) >= 11 is 0. The predicted octanol–water partition coefficient (Wildman–Crippen LogP) is 2.52. The quantitative estimate of drug-likeness (QED) is 0.696. The highest BCUT2D eigenvalue weighted by Crippen LogP contribution is 2.25. The Balaban J connectivity index is 2.79. The Bertz CT molecular complexity index is 352. The van der Waals surface area contributed by atoms with E-state index in [0.717, 1.165) is 25.1 Å². The van der Waals surface area contributed by atoms with Gasteiger partial charge in [-0.3, -0.25) is 0 Å². The summed E-state index contributed by atoms with van der Waals surface area (Å²) in [6.45, 7) is 3.23. The summed E-state index contributed by atoms with van der Waals surface area (Å²) in [7, 11) is 5.76. The molecule has 102 valence electrons. The molecule has 0 aliphatic heterocycles. The van der Waals surface area contributed by atoms with Crippen LogP contribution in [-0.4, -0.2) is 27.7 Å². The first-order chi connectivity index (χ1) is 8.76. The van der Waals surface area contributed by atoms with Crippen molar-refractivity contribution in [3.63, 3.8) is 0 Å². The highest BCUT2D eigenvalue weighted by molar-refractivity contribution is 5.38. The number of hydrogen-bond acceptors (Lipinski definition) is 3. The van der Waals surface area contributed by atoms with Crippen LogP contribution in [0.15, 0.2) is 18.2 Å². The Morgan fingerprint density at radius 3 is 2.61 bits per heavy atom. The molecule has 1 rings (SSSR count). The molecule has 0 heterocycles. The lowest BCUT2D eigenvalue weighted by molar-refractivity contribution is 0.409. The van der Waals surface area contributed by atoms with Crippen LogP contribution in [0, 0.1) is 0 Å². The summed E-state index contributed by atoms with van der Waals surface area (Å²) in [6.07, 6.45) is 3.33. The van der Waals surface area contributed by atoms with Crippen molar-refractivity contribution in [1.29, 1.82) is 0 Å². The molecule has 0 saturated carbocycles. The molecule has 18 heavy (non-hydrogen) atoms. The maximum Gasteiger partial charge on any atom is 0.122 e. The molecule has 0 fully saturated rings. The highest BCUT2D eigenvalue weighted by Gasteiger charge is 2.11. The first-order valence-electron chi connectivity index (χ1n) is 6.75. The van der Waals surface area contributed by atoms with E-state index >= 15 is 0 Å². The van der Waals surface area contributed by atoms with Gasteiger partial charge in [0.15, 0.2) is 0 Å². The van der Waals surface area contributed by atoms with Crippen molar-refractivity contribution >= 4 is 0 Å². The summed E-state index contributed by atoms with van der Waals surface area (Å²) < 4.78 is 5.37. The standard InChI is InChI=1S/C15H26N2O/c1-5-12-11-13(8-9-15(12)18-4)14(17-3)7-6-10-16-2/h8-9,11,14,16-17H,5-7,10H2,1-4H3. The zero-order chi connectivity index (χ0) is 13.4. The van der Waals surface area contributed by atoms with Crippen molar-refractivity contribution in [2.75, 3.05) is 27.7 Å². The van der Waals surface area contributed by atoms with Gasteiger partial charge in [0.2, 0.25) is 0 Å². The second-order valence-electron chi connectivity index (χ2n) is 4.51. The molecule has 1 atom stereocenters. The van der Waals surface area contributed by atoms with E-state index in [4.69, 9.17) is 4.74 Å². The molecule has 0 spiro atoms. The van der Waals surface area contributed by atoms with Crippen LogP contribution in [-0.2, 0) is 6.42 Å². The second kappa shape index (κ2) is 8.11. The van der Waals surface area contributed by atoms with E-state index in [-0.39, 0.29) is 0 Å². The van der Waals surface area contributed by atoms with Gasteiger partial charge in [0.05, 0.1) is 7.11 Å². The van der Waals surface area contributed by atoms with Crippen molar-refractivity contribution in [1.82, 2.24) is 10.6 Å². The topological polar surface area (TPSA) is 33.3 Å². The largest absolute Gasteiger partial charge is 0.496 e. The van der Waals surface area contributed by atoms with Gasteiger partial charge < -0.3 is 15.4 Å². The van der Waals surface area contributed by atoms with Crippen LogP contribution >= 0.6 is 0 Å². The van der Waals surface area contributed by atoms with Gasteiger partial charge >= 0.3 is 0 Å². The number of ether oxygens (including phenoxy) is 1. The maximum absolute atomic E-state index is 5.37. The SMILES string of the molecule is CCc1cc(C(CCCNC)NC)ccc1OC. The molecule has 0 saturated heterocycles. The summed E-state index contributed by atoms with van der Waals surface area (Å²) in [5, 5.41) is 6.59. The first-order valence-corrected chi connectivity index (χ1v) is 6.75. The molecule has 3 nitrogen and oxygen atoms in total. The predicted molar refractivity (Wildman–Crippen MR) is 77.3 cm³/mol. The van der Waals surface area contributed by atoms with E-state index < -0.39 is 0 Å². The average molecular weight is 250 g/mol. The van der Waals surface area contributed by atoms with Crippen LogP contribution in [0.4, 0.5) is 0 Å². The monoisotopic (exact) mass is 250 g/mol.